The Morgan fingerprint density at radius 1 is 0.438 bits per heavy atom. The fourth-order valence-electron chi connectivity index (χ4n) is 11.5. The standard InChI is InChI=1S/C59H33N3OS/c1-2-17-37-35(15-1)36-16-3-4-18-38(36)45-33-34(29-30-39(37)45)53-56-54(44-22-8-13-27-51(44)63-56)61-58(60-53)62-50-26-12-7-21-42(50)43-31-32-49-57(55(43)62)64-52-28-14-11-25-48(52)59(49)46-23-9-5-19-40(46)41-20-6-10-24-47(41)59/h1-33H. The van der Waals surface area contributed by atoms with Crippen molar-refractivity contribution in [3.05, 3.63) is 222 Å². The second kappa shape index (κ2) is 12.6. The summed E-state index contributed by atoms with van der Waals surface area (Å²) < 4.78 is 9.11. The van der Waals surface area contributed by atoms with Crippen LogP contribution in [-0.4, -0.2) is 14.5 Å². The van der Waals surface area contributed by atoms with Crippen molar-refractivity contribution in [3.8, 4) is 28.3 Å². The molecule has 4 heterocycles. The molecule has 1 aliphatic heterocycles. The fraction of sp³-hybridized carbons (Fsp3) is 0.0169. The van der Waals surface area contributed by atoms with E-state index in [0.717, 1.165) is 44.2 Å². The van der Waals surface area contributed by atoms with E-state index >= 15 is 0 Å². The zero-order valence-electron chi connectivity index (χ0n) is 34.2. The number of rotatable bonds is 2. The average Bonchev–Trinajstić information content (AvgIpc) is 4.01. The number of benzene rings is 10. The predicted octanol–water partition coefficient (Wildman–Crippen LogP) is 15.4. The lowest BCUT2D eigenvalue weighted by molar-refractivity contribution is 0.666. The van der Waals surface area contributed by atoms with Gasteiger partial charge in [0, 0.05) is 31.5 Å². The Morgan fingerprint density at radius 2 is 1.00 bits per heavy atom. The number of furan rings is 1. The molecule has 2 aliphatic rings. The van der Waals surface area contributed by atoms with Crippen LogP contribution in [0.4, 0.5) is 0 Å². The van der Waals surface area contributed by atoms with Gasteiger partial charge >= 0.3 is 0 Å². The van der Waals surface area contributed by atoms with E-state index in [-0.39, 0.29) is 0 Å². The van der Waals surface area contributed by atoms with Gasteiger partial charge in [-0.25, -0.2) is 9.97 Å². The molecule has 1 spiro atoms. The van der Waals surface area contributed by atoms with Crippen LogP contribution in [0.1, 0.15) is 22.3 Å². The summed E-state index contributed by atoms with van der Waals surface area (Å²) in [6, 6.07) is 73.0. The van der Waals surface area contributed by atoms with Crippen LogP contribution < -0.4 is 0 Å². The molecule has 4 nitrogen and oxygen atoms in total. The monoisotopic (exact) mass is 831 g/mol. The van der Waals surface area contributed by atoms with Crippen molar-refractivity contribution in [3.63, 3.8) is 0 Å². The van der Waals surface area contributed by atoms with Crippen LogP contribution in [0.2, 0.25) is 0 Å². The highest BCUT2D eigenvalue weighted by molar-refractivity contribution is 7.99. The number of fused-ring (bicyclic) bond motifs is 22. The van der Waals surface area contributed by atoms with Gasteiger partial charge in [-0.3, -0.25) is 4.57 Å². The van der Waals surface area contributed by atoms with Crippen molar-refractivity contribution in [1.82, 2.24) is 14.5 Å². The maximum absolute atomic E-state index is 6.78. The van der Waals surface area contributed by atoms with Crippen molar-refractivity contribution >= 4 is 88.0 Å². The number of hydrogen-bond acceptors (Lipinski definition) is 4. The number of aromatic nitrogens is 3. The molecule has 0 bridgehead atoms. The maximum atomic E-state index is 6.78. The minimum atomic E-state index is -0.519. The zero-order valence-corrected chi connectivity index (χ0v) is 35.0. The lowest BCUT2D eigenvalue weighted by atomic mass is 9.67. The van der Waals surface area contributed by atoms with Crippen molar-refractivity contribution in [2.24, 2.45) is 0 Å². The van der Waals surface area contributed by atoms with Crippen LogP contribution in [-0.2, 0) is 5.41 Å². The van der Waals surface area contributed by atoms with Crippen molar-refractivity contribution in [1.29, 1.82) is 0 Å². The summed E-state index contributed by atoms with van der Waals surface area (Å²) in [6.07, 6.45) is 0. The average molecular weight is 832 g/mol. The largest absolute Gasteiger partial charge is 0.452 e. The second-order valence-electron chi connectivity index (χ2n) is 17.1. The summed E-state index contributed by atoms with van der Waals surface area (Å²) >= 11 is 1.86. The third-order valence-electron chi connectivity index (χ3n) is 14.1. The highest BCUT2D eigenvalue weighted by Crippen LogP contribution is 2.63. The first kappa shape index (κ1) is 34.6. The van der Waals surface area contributed by atoms with E-state index in [9.17, 15) is 0 Å². The topological polar surface area (TPSA) is 43.9 Å². The Hall–Kier alpha value is -7.99. The van der Waals surface area contributed by atoms with Gasteiger partial charge in [-0.05, 0) is 96.0 Å². The molecule has 3 aromatic heterocycles. The minimum absolute atomic E-state index is 0.519. The molecule has 0 saturated carbocycles. The molecule has 0 N–H and O–H groups in total. The van der Waals surface area contributed by atoms with Gasteiger partial charge in [-0.2, -0.15) is 0 Å². The molecule has 0 saturated heterocycles. The maximum Gasteiger partial charge on any atom is 0.236 e. The van der Waals surface area contributed by atoms with Crippen molar-refractivity contribution in [2.75, 3.05) is 0 Å². The van der Waals surface area contributed by atoms with Crippen LogP contribution in [0.5, 0.6) is 0 Å². The van der Waals surface area contributed by atoms with E-state index in [2.05, 4.69) is 193 Å². The molecule has 64 heavy (non-hydrogen) atoms. The van der Waals surface area contributed by atoms with E-state index in [0.29, 0.717) is 11.5 Å². The molecule has 13 aromatic rings. The highest BCUT2D eigenvalue weighted by Gasteiger charge is 2.50. The minimum Gasteiger partial charge on any atom is -0.452 e. The summed E-state index contributed by atoms with van der Waals surface area (Å²) in [4.78, 5) is 13.7. The smallest absolute Gasteiger partial charge is 0.236 e. The van der Waals surface area contributed by atoms with Crippen LogP contribution in [0.25, 0.3) is 105 Å². The normalized spacial score (nSPS) is 13.7. The van der Waals surface area contributed by atoms with E-state index < -0.39 is 5.41 Å². The predicted molar refractivity (Wildman–Crippen MR) is 263 cm³/mol. The van der Waals surface area contributed by atoms with Gasteiger partial charge in [0.05, 0.1) is 16.4 Å². The SMILES string of the molecule is c1ccc2c(c1)Sc1c(ccc3c4ccccc4n(-c4nc(-c5ccc6c7ccccc7c7ccccc7c6c5)c5oc6ccccc6c5n4)c13)C21c2ccccc2-c2ccccc21. The molecular weight excluding hydrogens is 799 g/mol. The van der Waals surface area contributed by atoms with Gasteiger partial charge in [0.1, 0.15) is 16.8 Å². The van der Waals surface area contributed by atoms with E-state index in [1.165, 1.54) is 80.9 Å². The molecule has 5 heteroatoms. The van der Waals surface area contributed by atoms with Crippen molar-refractivity contribution in [2.45, 2.75) is 15.2 Å². The van der Waals surface area contributed by atoms with Gasteiger partial charge in [0.2, 0.25) is 5.95 Å². The Bertz CT molecular complexity index is 4120. The van der Waals surface area contributed by atoms with Crippen LogP contribution in [0, 0.1) is 0 Å². The van der Waals surface area contributed by atoms with Crippen LogP contribution in [0.15, 0.2) is 214 Å². The van der Waals surface area contributed by atoms with Gasteiger partial charge in [-0.15, -0.1) is 0 Å². The Morgan fingerprint density at radius 3 is 1.73 bits per heavy atom. The Labute approximate surface area is 371 Å². The first-order valence-corrected chi connectivity index (χ1v) is 22.6. The summed E-state index contributed by atoms with van der Waals surface area (Å²) in [6.45, 7) is 0. The molecule has 0 amide bonds. The molecule has 0 fully saturated rings. The zero-order chi connectivity index (χ0) is 41.7. The van der Waals surface area contributed by atoms with E-state index in [1.807, 2.05) is 23.9 Å². The quantitative estimate of drug-likeness (QED) is 0.163. The molecule has 1 aliphatic carbocycles. The first-order chi connectivity index (χ1) is 31.8. The lowest BCUT2D eigenvalue weighted by Gasteiger charge is -2.40. The summed E-state index contributed by atoms with van der Waals surface area (Å²) in [7, 11) is 0. The van der Waals surface area contributed by atoms with E-state index in [1.54, 1.807) is 0 Å². The van der Waals surface area contributed by atoms with Gasteiger partial charge in [0.15, 0.2) is 5.58 Å². The van der Waals surface area contributed by atoms with Gasteiger partial charge in [-0.1, -0.05) is 182 Å². The van der Waals surface area contributed by atoms with Crippen molar-refractivity contribution < 1.29 is 4.42 Å². The third-order valence-corrected chi connectivity index (χ3v) is 15.3. The van der Waals surface area contributed by atoms with E-state index in [4.69, 9.17) is 14.4 Å². The number of hydrogen-bond donors (Lipinski definition) is 0. The molecule has 0 atom stereocenters. The molecule has 296 valence electrons. The molecule has 0 unspecified atom stereocenters. The number of nitrogens with zero attached hydrogens (tertiary/aromatic N) is 3. The lowest BCUT2D eigenvalue weighted by Crippen LogP contribution is -2.32. The first-order valence-electron chi connectivity index (χ1n) is 21.8. The van der Waals surface area contributed by atoms with Gasteiger partial charge in [0.25, 0.3) is 0 Å². The fourth-order valence-corrected chi connectivity index (χ4v) is 12.8. The number of para-hydroxylation sites is 2. The summed E-state index contributed by atoms with van der Waals surface area (Å²) in [5, 5.41) is 10.6. The molecule has 15 rings (SSSR count). The Balaban J connectivity index is 1.07. The Kier molecular flexibility index (Phi) is 6.79. The summed E-state index contributed by atoms with van der Waals surface area (Å²) in [5.41, 5.74) is 13.4. The second-order valence-corrected chi connectivity index (χ2v) is 18.2. The van der Waals surface area contributed by atoms with Crippen LogP contribution >= 0.6 is 11.8 Å². The molecule has 0 radical (unpaired) electrons. The summed E-state index contributed by atoms with van der Waals surface area (Å²) in [5.74, 6) is 0.609. The third kappa shape index (κ3) is 4.34. The van der Waals surface area contributed by atoms with Crippen LogP contribution in [0.3, 0.4) is 0 Å². The highest BCUT2D eigenvalue weighted by atomic mass is 32.2. The van der Waals surface area contributed by atoms with Gasteiger partial charge < -0.3 is 4.42 Å². The molecule has 10 aromatic carbocycles. The molecular formula is C59H33N3OS.